The maximum Gasteiger partial charge on any atom is 0.220 e. The van der Waals surface area contributed by atoms with Gasteiger partial charge in [-0.3, -0.25) is 4.79 Å². The van der Waals surface area contributed by atoms with Gasteiger partial charge in [0.05, 0.1) is 11.6 Å². The highest BCUT2D eigenvalue weighted by molar-refractivity contribution is 6.32. The zero-order valence-corrected chi connectivity index (χ0v) is 40.3. The summed E-state index contributed by atoms with van der Waals surface area (Å²) in [4.78, 5) is 18.9. The molecule has 348 valence electrons. The number of anilines is 2. The number of halogens is 1. The second-order valence-electron chi connectivity index (χ2n) is 21.1. The van der Waals surface area contributed by atoms with E-state index in [-0.39, 0.29) is 33.9 Å². The van der Waals surface area contributed by atoms with E-state index in [0.717, 1.165) is 128 Å². The third-order valence-corrected chi connectivity index (χ3v) is 16.0. The number of carbonyl (C=O) groups is 1. The third kappa shape index (κ3) is 10.4. The highest BCUT2D eigenvalue weighted by Crippen LogP contribution is 2.48. The van der Waals surface area contributed by atoms with E-state index >= 15 is 0 Å². The minimum Gasteiger partial charge on any atom is -0.367 e. The van der Waals surface area contributed by atoms with Gasteiger partial charge in [-0.2, -0.15) is 0 Å². The van der Waals surface area contributed by atoms with E-state index < -0.39 is 0 Å². The first-order valence-electron chi connectivity index (χ1n) is 24.7. The van der Waals surface area contributed by atoms with Crippen LogP contribution in [-0.2, 0) is 15.6 Å². The van der Waals surface area contributed by atoms with E-state index in [1.165, 1.54) is 39.3 Å². The van der Waals surface area contributed by atoms with Crippen LogP contribution in [0.5, 0.6) is 0 Å². The van der Waals surface area contributed by atoms with Gasteiger partial charge in [-0.1, -0.05) is 100 Å². The molecule has 3 saturated heterocycles. The molecule has 10 nitrogen and oxygen atoms in total. The van der Waals surface area contributed by atoms with Crippen LogP contribution in [0.25, 0.3) is 0 Å². The second-order valence-corrected chi connectivity index (χ2v) is 21.5. The number of hydrogen-bond donors (Lipinski definition) is 7. The molecule has 5 aliphatic heterocycles. The van der Waals surface area contributed by atoms with E-state index in [2.05, 4.69) is 149 Å². The van der Waals surface area contributed by atoms with Crippen LogP contribution in [-0.4, -0.2) is 101 Å². The van der Waals surface area contributed by atoms with Crippen LogP contribution in [0.3, 0.4) is 0 Å². The summed E-state index contributed by atoms with van der Waals surface area (Å²) in [7, 11) is 2.21. The van der Waals surface area contributed by atoms with Crippen LogP contribution in [0.4, 0.5) is 11.4 Å². The summed E-state index contributed by atoms with van der Waals surface area (Å²) in [5, 5.41) is 23.1. The summed E-state index contributed by atoms with van der Waals surface area (Å²) in [5.41, 5.74) is 15.3. The van der Waals surface area contributed by atoms with Crippen LogP contribution in [0.2, 0.25) is 0 Å². The van der Waals surface area contributed by atoms with E-state index in [4.69, 9.17) is 17.3 Å². The molecule has 5 heterocycles. The standard InChI is InChI=1S/C53H78ClN9O/c1-50(2)42-16-8-10-18-44(42)62(5)46(50)25-21-38-14-13-15-39(49(38)54)22-26-47-51(3,4)43-17-9-11-19-45(43)63(47)31-12-6-7-20-48(64)61-53-33-41-24-23-40(60-41)32-52(55,34-56-27-29-58-36-53)35-57-28-30-59-37-53/h8-11,16-19,21-22,25-26,40-41,46,56-60H,6-7,12-15,20,23-24,27-37,55H2,1-5H3,(H,61,64). The second kappa shape index (κ2) is 20.2. The van der Waals surface area contributed by atoms with Gasteiger partial charge in [0.2, 0.25) is 5.91 Å². The number of allylic oxidation sites excluding steroid dienone is 7. The number of nitrogens with zero attached hydrogens (tertiary/aromatic N) is 2. The number of para-hydroxylation sites is 2. The normalized spacial score (nSPS) is 30.9. The Kier molecular flexibility index (Phi) is 14.8. The molecule has 6 aliphatic rings. The number of benzene rings is 2. The lowest BCUT2D eigenvalue weighted by Crippen LogP contribution is -2.63. The fourth-order valence-electron chi connectivity index (χ4n) is 12.0. The van der Waals surface area contributed by atoms with Crippen LogP contribution in [0.1, 0.15) is 109 Å². The van der Waals surface area contributed by atoms with Crippen molar-refractivity contribution in [2.75, 3.05) is 75.8 Å². The molecule has 0 aromatic heterocycles. The number of amides is 1. The van der Waals surface area contributed by atoms with Crippen LogP contribution in [0, 0.1) is 0 Å². The number of fused-ring (bicyclic) bond motifs is 4. The lowest BCUT2D eigenvalue weighted by Gasteiger charge is -2.38. The van der Waals surface area contributed by atoms with Gasteiger partial charge in [-0.05, 0) is 98.3 Å². The molecule has 2 aromatic carbocycles. The lowest BCUT2D eigenvalue weighted by molar-refractivity contribution is -0.123. The number of unbranched alkanes of at least 4 members (excludes halogenated alkanes) is 2. The van der Waals surface area contributed by atoms with E-state index in [0.29, 0.717) is 18.5 Å². The van der Waals surface area contributed by atoms with Crippen molar-refractivity contribution in [2.45, 2.75) is 138 Å². The van der Waals surface area contributed by atoms with Crippen molar-refractivity contribution < 1.29 is 4.79 Å². The predicted octanol–water partition coefficient (Wildman–Crippen LogP) is 7.02. The van der Waals surface area contributed by atoms with E-state index in [9.17, 15) is 4.79 Å². The summed E-state index contributed by atoms with van der Waals surface area (Å²) in [6.07, 6.45) is 19.8. The zero-order chi connectivity index (χ0) is 45.0. The first-order valence-corrected chi connectivity index (χ1v) is 25.0. The largest absolute Gasteiger partial charge is 0.367 e. The summed E-state index contributed by atoms with van der Waals surface area (Å²) in [6.45, 7) is 16.7. The average Bonchev–Trinajstić information content (AvgIpc) is 3.85. The number of carbonyl (C=O) groups excluding carboxylic acids is 1. The minimum absolute atomic E-state index is 0.00833. The molecule has 1 amide bonds. The van der Waals surface area contributed by atoms with Gasteiger partial charge < -0.3 is 47.4 Å². The SMILES string of the molecule is CN1c2ccccc2C(C)(C)C1C=CC1=C(Cl)C(=CC=C2N(CCCCCC(=O)NC34CNCCNCC(N)(CNCCNC3)CC3CCC(C4)N3)c3ccccc3C2(C)C)CCC1. The molecule has 3 atom stereocenters. The molecule has 0 spiro atoms. The number of rotatable bonds is 10. The van der Waals surface area contributed by atoms with Crippen LogP contribution < -0.4 is 47.4 Å². The van der Waals surface area contributed by atoms with Gasteiger partial charge in [-0.25, -0.2) is 0 Å². The third-order valence-electron chi connectivity index (χ3n) is 15.5. The molecule has 0 radical (unpaired) electrons. The molecule has 8 N–H and O–H groups in total. The first kappa shape index (κ1) is 47.0. The van der Waals surface area contributed by atoms with Gasteiger partial charge in [0.25, 0.3) is 0 Å². The quantitative estimate of drug-likeness (QED) is 0.126. The molecule has 4 bridgehead atoms. The van der Waals surface area contributed by atoms with Crippen LogP contribution in [0.15, 0.2) is 94.7 Å². The topological polar surface area (TPSA) is 122 Å². The fraction of sp³-hybridized carbons (Fsp3) is 0.604. The molecule has 11 heteroatoms. The van der Waals surface area contributed by atoms with Crippen molar-refractivity contribution in [2.24, 2.45) is 5.73 Å². The Bertz CT molecular complexity index is 2070. The van der Waals surface area contributed by atoms with Gasteiger partial charge in [0, 0.05) is 123 Å². The maximum atomic E-state index is 13.9. The van der Waals surface area contributed by atoms with Crippen molar-refractivity contribution in [3.05, 3.63) is 106 Å². The van der Waals surface area contributed by atoms with Gasteiger partial charge >= 0.3 is 0 Å². The Hall–Kier alpha value is -3.48. The molecule has 0 saturated carbocycles. The molecule has 1 aliphatic carbocycles. The van der Waals surface area contributed by atoms with Crippen molar-refractivity contribution >= 4 is 28.9 Å². The molecule has 64 heavy (non-hydrogen) atoms. The average molecular weight is 893 g/mol. The van der Waals surface area contributed by atoms with Crippen molar-refractivity contribution in [3.63, 3.8) is 0 Å². The van der Waals surface area contributed by atoms with Gasteiger partial charge in [0.15, 0.2) is 0 Å². The Morgan fingerprint density at radius 3 is 2.16 bits per heavy atom. The Morgan fingerprint density at radius 1 is 0.812 bits per heavy atom. The van der Waals surface area contributed by atoms with E-state index in [1.54, 1.807) is 0 Å². The Morgan fingerprint density at radius 2 is 1.45 bits per heavy atom. The predicted molar refractivity (Wildman–Crippen MR) is 267 cm³/mol. The number of likely N-dealkylation sites (N-methyl/N-ethyl adjacent to an activating group) is 1. The molecule has 3 unspecified atom stereocenters. The fourth-order valence-corrected chi connectivity index (χ4v) is 12.3. The molecule has 8 rings (SSSR count). The van der Waals surface area contributed by atoms with Gasteiger partial charge in [-0.15, -0.1) is 0 Å². The van der Waals surface area contributed by atoms with E-state index in [1.807, 2.05) is 0 Å². The van der Waals surface area contributed by atoms with Crippen molar-refractivity contribution in [1.82, 2.24) is 31.9 Å². The first-order chi connectivity index (χ1) is 30.8. The Balaban J connectivity index is 0.916. The summed E-state index contributed by atoms with van der Waals surface area (Å²) >= 11 is 7.29. The van der Waals surface area contributed by atoms with Crippen molar-refractivity contribution in [3.8, 4) is 0 Å². The number of nitrogens with two attached hydrogens (primary N) is 1. The lowest BCUT2D eigenvalue weighted by atomic mass is 9.80. The molecular formula is C53H78ClN9O. The molecule has 2 aromatic rings. The number of hydrogen-bond acceptors (Lipinski definition) is 9. The number of nitrogens with one attached hydrogen (secondary N) is 6. The highest BCUT2D eigenvalue weighted by Gasteiger charge is 2.43. The maximum absolute atomic E-state index is 13.9. The van der Waals surface area contributed by atoms with Crippen molar-refractivity contribution in [1.29, 1.82) is 0 Å². The monoisotopic (exact) mass is 892 g/mol. The minimum atomic E-state index is -0.381. The molecule has 3 fully saturated rings. The highest BCUT2D eigenvalue weighted by atomic mass is 35.5. The zero-order valence-electron chi connectivity index (χ0n) is 39.6. The smallest absolute Gasteiger partial charge is 0.220 e. The summed E-state index contributed by atoms with van der Waals surface area (Å²) in [5.74, 6) is 0.152. The summed E-state index contributed by atoms with van der Waals surface area (Å²) in [6, 6.07) is 18.7. The summed E-state index contributed by atoms with van der Waals surface area (Å²) < 4.78 is 0. The molecular weight excluding hydrogens is 814 g/mol. The van der Waals surface area contributed by atoms with Crippen LogP contribution >= 0.6 is 11.6 Å². The Labute approximate surface area is 389 Å². The van der Waals surface area contributed by atoms with Gasteiger partial charge in [0.1, 0.15) is 0 Å².